The lowest BCUT2D eigenvalue weighted by molar-refractivity contribution is 0.0943. The molecule has 0 saturated carbocycles. The molecular weight excluding hydrogens is 262 g/mol. The molecule has 110 valence electrons. The average Bonchev–Trinajstić information content (AvgIpc) is 2.46. The summed E-state index contributed by atoms with van der Waals surface area (Å²) < 4.78 is 0. The van der Waals surface area contributed by atoms with Crippen molar-refractivity contribution in [2.24, 2.45) is 0 Å². The highest BCUT2D eigenvalue weighted by Crippen LogP contribution is 2.12. The highest BCUT2D eigenvalue weighted by Gasteiger charge is 2.06. The van der Waals surface area contributed by atoms with E-state index in [0.717, 1.165) is 12.2 Å². The maximum absolute atomic E-state index is 11.9. The summed E-state index contributed by atoms with van der Waals surface area (Å²) >= 11 is 0. The first kappa shape index (κ1) is 15.0. The molecule has 2 N–H and O–H groups in total. The first-order valence-corrected chi connectivity index (χ1v) is 7.10. The predicted molar refractivity (Wildman–Crippen MR) is 85.3 cm³/mol. The van der Waals surface area contributed by atoms with Gasteiger partial charge in [0.15, 0.2) is 0 Å². The van der Waals surface area contributed by atoms with E-state index in [1.807, 2.05) is 50.4 Å². The number of hydrogen-bond acceptors (Lipinski definition) is 3. The molecule has 0 atom stereocenters. The van der Waals surface area contributed by atoms with Gasteiger partial charge < -0.3 is 10.6 Å². The van der Waals surface area contributed by atoms with Gasteiger partial charge in [0.1, 0.15) is 0 Å². The van der Waals surface area contributed by atoms with Crippen molar-refractivity contribution in [3.8, 4) is 0 Å². The number of hydrogen-bond donors (Lipinski definition) is 2. The Labute approximate surface area is 125 Å². The topological polar surface area (TPSA) is 54.0 Å². The molecule has 0 aliphatic carbocycles. The maximum atomic E-state index is 11.9. The summed E-state index contributed by atoms with van der Waals surface area (Å²) in [6, 6.07) is 9.63. The Morgan fingerprint density at radius 1 is 1.19 bits per heavy atom. The van der Waals surface area contributed by atoms with Gasteiger partial charge in [-0.1, -0.05) is 0 Å². The van der Waals surface area contributed by atoms with Crippen molar-refractivity contribution in [2.75, 3.05) is 5.32 Å². The van der Waals surface area contributed by atoms with Gasteiger partial charge in [0.05, 0.1) is 0 Å². The van der Waals surface area contributed by atoms with Crippen LogP contribution in [0.1, 0.15) is 35.3 Å². The normalized spacial score (nSPS) is 10.5. The zero-order chi connectivity index (χ0) is 15.2. The molecular formula is C17H21N3O. The standard InChI is InChI=1S/C17H21N3O/c1-12(2)20-17(21)14-4-6-16(7-5-14)19-11-15-10-18-9-8-13(15)3/h4-10,12,19H,11H2,1-3H3,(H,20,21). The third-order valence-corrected chi connectivity index (χ3v) is 3.20. The quantitative estimate of drug-likeness (QED) is 0.886. The molecule has 0 unspecified atom stereocenters. The Hall–Kier alpha value is -2.36. The summed E-state index contributed by atoms with van der Waals surface area (Å²) in [7, 11) is 0. The molecule has 4 nitrogen and oxygen atoms in total. The molecule has 0 bridgehead atoms. The number of pyridine rings is 1. The average molecular weight is 283 g/mol. The van der Waals surface area contributed by atoms with Crippen LogP contribution in [-0.4, -0.2) is 16.9 Å². The van der Waals surface area contributed by atoms with Crippen molar-refractivity contribution in [1.82, 2.24) is 10.3 Å². The summed E-state index contributed by atoms with van der Waals surface area (Å²) in [5.74, 6) is -0.0420. The van der Waals surface area contributed by atoms with Gasteiger partial charge in [0, 0.05) is 36.2 Å². The molecule has 2 rings (SSSR count). The SMILES string of the molecule is Cc1ccncc1CNc1ccc(C(=O)NC(C)C)cc1. The number of aromatic nitrogens is 1. The van der Waals surface area contributed by atoms with Crippen LogP contribution in [0.4, 0.5) is 5.69 Å². The van der Waals surface area contributed by atoms with Crippen LogP contribution in [0.5, 0.6) is 0 Å². The number of aryl methyl sites for hydroxylation is 1. The molecule has 1 aromatic heterocycles. The van der Waals surface area contributed by atoms with Crippen LogP contribution >= 0.6 is 0 Å². The molecule has 0 aliphatic heterocycles. The van der Waals surface area contributed by atoms with Crippen LogP contribution in [-0.2, 0) is 6.54 Å². The summed E-state index contributed by atoms with van der Waals surface area (Å²) in [6.07, 6.45) is 3.66. The second-order valence-corrected chi connectivity index (χ2v) is 5.36. The van der Waals surface area contributed by atoms with E-state index < -0.39 is 0 Å². The number of amides is 1. The van der Waals surface area contributed by atoms with Crippen LogP contribution < -0.4 is 10.6 Å². The Morgan fingerprint density at radius 3 is 2.52 bits per heavy atom. The molecule has 0 saturated heterocycles. The Morgan fingerprint density at radius 2 is 1.90 bits per heavy atom. The molecule has 1 amide bonds. The number of carbonyl (C=O) groups is 1. The Balaban J connectivity index is 1.97. The summed E-state index contributed by atoms with van der Waals surface area (Å²) in [5, 5.41) is 6.21. The largest absolute Gasteiger partial charge is 0.381 e. The minimum absolute atomic E-state index is 0.0420. The molecule has 0 fully saturated rings. The third-order valence-electron chi connectivity index (χ3n) is 3.20. The van der Waals surface area contributed by atoms with Crippen molar-refractivity contribution in [1.29, 1.82) is 0 Å². The van der Waals surface area contributed by atoms with E-state index in [1.165, 1.54) is 11.1 Å². The fourth-order valence-electron chi connectivity index (χ4n) is 1.96. The van der Waals surface area contributed by atoms with Crippen LogP contribution in [0.15, 0.2) is 42.7 Å². The van der Waals surface area contributed by atoms with Crippen LogP contribution in [0.25, 0.3) is 0 Å². The number of anilines is 1. The molecule has 1 aromatic carbocycles. The third kappa shape index (κ3) is 4.31. The van der Waals surface area contributed by atoms with E-state index in [2.05, 4.69) is 22.5 Å². The van der Waals surface area contributed by atoms with Crippen molar-refractivity contribution in [3.63, 3.8) is 0 Å². The summed E-state index contributed by atoms with van der Waals surface area (Å²) in [6.45, 7) is 6.68. The van der Waals surface area contributed by atoms with Gasteiger partial charge in [-0.25, -0.2) is 0 Å². The van der Waals surface area contributed by atoms with E-state index in [4.69, 9.17) is 0 Å². The van der Waals surface area contributed by atoms with Crippen LogP contribution in [0.3, 0.4) is 0 Å². The minimum Gasteiger partial charge on any atom is -0.381 e. The summed E-state index contributed by atoms with van der Waals surface area (Å²) in [4.78, 5) is 16.0. The molecule has 0 spiro atoms. The monoisotopic (exact) mass is 283 g/mol. The van der Waals surface area contributed by atoms with Gasteiger partial charge in [-0.3, -0.25) is 9.78 Å². The van der Waals surface area contributed by atoms with Crippen LogP contribution in [0.2, 0.25) is 0 Å². The van der Waals surface area contributed by atoms with Crippen LogP contribution in [0, 0.1) is 6.92 Å². The molecule has 21 heavy (non-hydrogen) atoms. The summed E-state index contributed by atoms with van der Waals surface area (Å²) in [5.41, 5.74) is 4.04. The van der Waals surface area contributed by atoms with Gasteiger partial charge in [-0.05, 0) is 62.2 Å². The highest BCUT2D eigenvalue weighted by molar-refractivity contribution is 5.94. The molecule has 2 aromatic rings. The first-order valence-electron chi connectivity index (χ1n) is 7.10. The fraction of sp³-hybridized carbons (Fsp3) is 0.294. The zero-order valence-corrected chi connectivity index (χ0v) is 12.7. The van der Waals surface area contributed by atoms with Gasteiger partial charge in [-0.15, -0.1) is 0 Å². The zero-order valence-electron chi connectivity index (χ0n) is 12.7. The molecule has 0 radical (unpaired) electrons. The molecule has 4 heteroatoms. The number of benzene rings is 1. The Bertz CT molecular complexity index is 606. The van der Waals surface area contributed by atoms with E-state index in [9.17, 15) is 4.79 Å². The lowest BCUT2D eigenvalue weighted by Gasteiger charge is -2.10. The molecule has 0 aliphatic rings. The first-order chi connectivity index (χ1) is 10.1. The number of carbonyl (C=O) groups excluding carboxylic acids is 1. The predicted octanol–water partition coefficient (Wildman–Crippen LogP) is 3.14. The lowest BCUT2D eigenvalue weighted by atomic mass is 10.1. The Kier molecular flexibility index (Phi) is 4.93. The number of nitrogens with zero attached hydrogens (tertiary/aromatic N) is 1. The van der Waals surface area contributed by atoms with Crippen molar-refractivity contribution in [2.45, 2.75) is 33.4 Å². The maximum Gasteiger partial charge on any atom is 0.251 e. The van der Waals surface area contributed by atoms with E-state index in [-0.39, 0.29) is 11.9 Å². The van der Waals surface area contributed by atoms with Gasteiger partial charge >= 0.3 is 0 Å². The van der Waals surface area contributed by atoms with Crippen molar-refractivity contribution in [3.05, 3.63) is 59.4 Å². The number of rotatable bonds is 5. The van der Waals surface area contributed by atoms with E-state index in [1.54, 1.807) is 6.20 Å². The minimum atomic E-state index is -0.0420. The second-order valence-electron chi connectivity index (χ2n) is 5.36. The molecule has 1 heterocycles. The van der Waals surface area contributed by atoms with Crippen molar-refractivity contribution >= 4 is 11.6 Å². The van der Waals surface area contributed by atoms with Crippen molar-refractivity contribution < 1.29 is 4.79 Å². The second kappa shape index (κ2) is 6.88. The smallest absolute Gasteiger partial charge is 0.251 e. The van der Waals surface area contributed by atoms with Gasteiger partial charge in [-0.2, -0.15) is 0 Å². The van der Waals surface area contributed by atoms with E-state index >= 15 is 0 Å². The lowest BCUT2D eigenvalue weighted by Crippen LogP contribution is -2.29. The number of nitrogens with one attached hydrogen (secondary N) is 2. The fourth-order valence-corrected chi connectivity index (χ4v) is 1.96. The van der Waals surface area contributed by atoms with E-state index in [0.29, 0.717) is 5.56 Å². The van der Waals surface area contributed by atoms with Gasteiger partial charge in [0.2, 0.25) is 0 Å². The highest BCUT2D eigenvalue weighted by atomic mass is 16.1. The van der Waals surface area contributed by atoms with Gasteiger partial charge in [0.25, 0.3) is 5.91 Å².